The molecule has 1 aromatic carbocycles. The Bertz CT molecular complexity index is 1030. The van der Waals surface area contributed by atoms with Crippen LogP contribution in [-0.4, -0.2) is 72.8 Å². The minimum atomic E-state index is -1.22. The first-order valence-corrected chi connectivity index (χ1v) is 10.3. The number of benzene rings is 1. The highest BCUT2D eigenvalue weighted by Gasteiger charge is 2.44. The van der Waals surface area contributed by atoms with Crippen molar-refractivity contribution in [1.29, 1.82) is 0 Å². The highest BCUT2D eigenvalue weighted by Crippen LogP contribution is 2.32. The van der Waals surface area contributed by atoms with Gasteiger partial charge in [0, 0.05) is 5.75 Å². The highest BCUT2D eigenvalue weighted by atomic mass is 32.2. The van der Waals surface area contributed by atoms with Gasteiger partial charge in [0.1, 0.15) is 35.4 Å². The van der Waals surface area contributed by atoms with E-state index in [0.29, 0.717) is 11.4 Å². The molecule has 1 fully saturated rings. The van der Waals surface area contributed by atoms with E-state index in [1.807, 2.05) is 36.4 Å². The summed E-state index contributed by atoms with van der Waals surface area (Å²) in [5.41, 5.74) is 1.56. The second-order valence-corrected chi connectivity index (χ2v) is 7.73. The Morgan fingerprint density at radius 3 is 2.70 bits per heavy atom. The maximum absolute atomic E-state index is 10.3. The van der Waals surface area contributed by atoms with Gasteiger partial charge < -0.3 is 24.8 Å². The largest absolute Gasteiger partial charge is 0.497 e. The van der Waals surface area contributed by atoms with Gasteiger partial charge in [-0.1, -0.05) is 24.3 Å². The number of aliphatic hydroxyl groups is 3. The molecule has 30 heavy (non-hydrogen) atoms. The molecule has 2 aromatic heterocycles. The molecule has 1 aliphatic heterocycles. The van der Waals surface area contributed by atoms with E-state index in [1.165, 1.54) is 22.8 Å². The number of hydrogen-bond acceptors (Lipinski definition) is 9. The van der Waals surface area contributed by atoms with Gasteiger partial charge in [0.25, 0.3) is 0 Å². The summed E-state index contributed by atoms with van der Waals surface area (Å²) in [6.07, 6.45) is 2.88. The van der Waals surface area contributed by atoms with E-state index in [-0.39, 0.29) is 0 Å². The zero-order valence-corrected chi connectivity index (χ0v) is 17.0. The predicted molar refractivity (Wildman–Crippen MR) is 111 cm³/mol. The lowest BCUT2D eigenvalue weighted by atomic mass is 10.1. The molecule has 0 amide bonds. The van der Waals surface area contributed by atoms with E-state index in [1.54, 1.807) is 13.3 Å². The van der Waals surface area contributed by atoms with Crippen molar-refractivity contribution in [2.45, 2.75) is 29.6 Å². The van der Waals surface area contributed by atoms with Gasteiger partial charge in [-0.15, -0.1) is 11.8 Å². The molecule has 4 atom stereocenters. The van der Waals surface area contributed by atoms with E-state index in [0.717, 1.165) is 21.7 Å². The van der Waals surface area contributed by atoms with Gasteiger partial charge >= 0.3 is 0 Å². The van der Waals surface area contributed by atoms with Gasteiger partial charge in [-0.2, -0.15) is 5.10 Å². The zero-order valence-electron chi connectivity index (χ0n) is 16.2. The summed E-state index contributed by atoms with van der Waals surface area (Å²) >= 11 is 1.53. The van der Waals surface area contributed by atoms with Crippen LogP contribution in [0.1, 0.15) is 11.8 Å². The number of rotatable bonds is 7. The quantitative estimate of drug-likeness (QED) is 0.375. The molecule has 4 rings (SSSR count). The third-order valence-corrected chi connectivity index (χ3v) is 5.81. The second-order valence-electron chi connectivity index (χ2n) is 6.72. The summed E-state index contributed by atoms with van der Waals surface area (Å²) in [7, 11) is 1.64. The van der Waals surface area contributed by atoms with Crippen LogP contribution in [0.4, 0.5) is 0 Å². The average molecular weight is 430 g/mol. The molecule has 3 heterocycles. The van der Waals surface area contributed by atoms with Crippen molar-refractivity contribution < 1.29 is 24.8 Å². The molecule has 1 saturated heterocycles. The molecule has 4 unspecified atom stereocenters. The number of thioether (sulfide) groups is 1. The lowest BCUT2D eigenvalue weighted by Crippen LogP contribution is -2.33. The summed E-state index contributed by atoms with van der Waals surface area (Å²) < 4.78 is 12.1. The smallest absolute Gasteiger partial charge is 0.181 e. The SMILES string of the molecule is COc1ccc(/C=C/CSc2ncnc3c2cnn3C2OC(CO)C(O)C2O)cc1. The minimum absolute atomic E-state index is 0.398. The van der Waals surface area contributed by atoms with E-state index in [9.17, 15) is 15.3 Å². The standard InChI is InChI=1S/C20H22N4O5S/c1-28-13-6-4-12(5-7-13)3-2-8-30-19-14-9-23-24(18(14)21-11-22-19)20-17(27)16(26)15(10-25)29-20/h2-7,9,11,15-17,20,25-27H,8,10H2,1H3/b3-2+. The summed E-state index contributed by atoms with van der Waals surface area (Å²) in [5.74, 6) is 1.51. The number of methoxy groups -OCH3 is 1. The molecule has 0 saturated carbocycles. The number of aromatic nitrogens is 4. The Balaban J connectivity index is 1.47. The van der Waals surface area contributed by atoms with E-state index in [2.05, 4.69) is 15.1 Å². The van der Waals surface area contributed by atoms with Gasteiger partial charge in [-0.3, -0.25) is 0 Å². The average Bonchev–Trinajstić information content (AvgIpc) is 3.33. The van der Waals surface area contributed by atoms with Crippen molar-refractivity contribution in [2.75, 3.05) is 19.5 Å². The monoisotopic (exact) mass is 430 g/mol. The number of fused-ring (bicyclic) bond motifs is 1. The Morgan fingerprint density at radius 1 is 1.20 bits per heavy atom. The lowest BCUT2D eigenvalue weighted by Gasteiger charge is -2.15. The number of ether oxygens (including phenoxy) is 2. The second kappa shape index (κ2) is 9.11. The van der Waals surface area contributed by atoms with Crippen molar-refractivity contribution in [3.05, 3.63) is 48.4 Å². The molecular formula is C20H22N4O5S. The van der Waals surface area contributed by atoms with Crippen LogP contribution in [0.2, 0.25) is 0 Å². The molecular weight excluding hydrogens is 408 g/mol. The number of hydrogen-bond donors (Lipinski definition) is 3. The lowest BCUT2D eigenvalue weighted by molar-refractivity contribution is -0.0566. The van der Waals surface area contributed by atoms with Crippen molar-refractivity contribution in [2.24, 2.45) is 0 Å². The van der Waals surface area contributed by atoms with Crippen molar-refractivity contribution in [3.63, 3.8) is 0 Å². The van der Waals surface area contributed by atoms with Crippen LogP contribution < -0.4 is 4.74 Å². The van der Waals surface area contributed by atoms with Crippen LogP contribution in [0.25, 0.3) is 17.1 Å². The van der Waals surface area contributed by atoms with Crippen molar-refractivity contribution >= 4 is 28.9 Å². The van der Waals surface area contributed by atoms with Crippen LogP contribution in [0.15, 0.2) is 47.9 Å². The van der Waals surface area contributed by atoms with Gasteiger partial charge in [0.15, 0.2) is 11.9 Å². The predicted octanol–water partition coefficient (Wildman–Crippen LogP) is 1.25. The van der Waals surface area contributed by atoms with Gasteiger partial charge in [-0.05, 0) is 17.7 Å². The third kappa shape index (κ3) is 4.05. The van der Waals surface area contributed by atoms with E-state index in [4.69, 9.17) is 9.47 Å². The van der Waals surface area contributed by atoms with Crippen LogP contribution >= 0.6 is 11.8 Å². The fourth-order valence-electron chi connectivity index (χ4n) is 3.25. The number of aliphatic hydroxyl groups excluding tert-OH is 3. The highest BCUT2D eigenvalue weighted by molar-refractivity contribution is 7.99. The normalized spacial score (nSPS) is 24.1. The Kier molecular flexibility index (Phi) is 6.30. The zero-order chi connectivity index (χ0) is 21.1. The Hall–Kier alpha value is -2.50. The summed E-state index contributed by atoms with van der Waals surface area (Å²) in [6.45, 7) is -0.398. The maximum Gasteiger partial charge on any atom is 0.181 e. The van der Waals surface area contributed by atoms with Crippen LogP contribution in [-0.2, 0) is 4.74 Å². The first-order chi connectivity index (χ1) is 14.6. The Morgan fingerprint density at radius 2 is 2.00 bits per heavy atom. The molecule has 158 valence electrons. The molecule has 3 N–H and O–H groups in total. The molecule has 3 aromatic rings. The van der Waals surface area contributed by atoms with Gasteiger partial charge in [-0.25, -0.2) is 14.6 Å². The fraction of sp³-hybridized carbons (Fsp3) is 0.350. The first kappa shape index (κ1) is 20.8. The van der Waals surface area contributed by atoms with Gasteiger partial charge in [0.2, 0.25) is 0 Å². The summed E-state index contributed by atoms with van der Waals surface area (Å²) in [4.78, 5) is 8.59. The summed E-state index contributed by atoms with van der Waals surface area (Å²) in [6, 6.07) is 7.78. The molecule has 0 bridgehead atoms. The maximum atomic E-state index is 10.3. The van der Waals surface area contributed by atoms with E-state index < -0.39 is 31.1 Å². The number of nitrogens with zero attached hydrogens (tertiary/aromatic N) is 4. The van der Waals surface area contributed by atoms with Gasteiger partial charge in [0.05, 0.1) is 25.3 Å². The fourth-order valence-corrected chi connectivity index (χ4v) is 4.02. The van der Waals surface area contributed by atoms with Crippen LogP contribution in [0.5, 0.6) is 5.75 Å². The molecule has 10 heteroatoms. The first-order valence-electron chi connectivity index (χ1n) is 9.36. The van der Waals surface area contributed by atoms with Crippen molar-refractivity contribution in [3.8, 4) is 5.75 Å². The van der Waals surface area contributed by atoms with Crippen LogP contribution in [0.3, 0.4) is 0 Å². The van der Waals surface area contributed by atoms with E-state index >= 15 is 0 Å². The molecule has 0 spiro atoms. The summed E-state index contributed by atoms with van der Waals surface area (Å²) in [5, 5.41) is 35.3. The molecule has 9 nitrogen and oxygen atoms in total. The topological polar surface area (TPSA) is 123 Å². The molecule has 1 aliphatic rings. The minimum Gasteiger partial charge on any atom is -0.497 e. The van der Waals surface area contributed by atoms with Crippen LogP contribution in [0, 0.1) is 0 Å². The third-order valence-electron chi connectivity index (χ3n) is 4.86. The molecule has 0 radical (unpaired) electrons. The van der Waals surface area contributed by atoms with Crippen molar-refractivity contribution in [1.82, 2.24) is 19.7 Å². The Labute approximate surface area is 177 Å². The molecule has 0 aliphatic carbocycles.